The van der Waals surface area contributed by atoms with Crippen LogP contribution in [-0.2, 0) is 4.79 Å². The Morgan fingerprint density at radius 2 is 2.00 bits per heavy atom. The van der Waals surface area contributed by atoms with Crippen LogP contribution in [0.1, 0.15) is 26.7 Å². The highest BCUT2D eigenvalue weighted by Crippen LogP contribution is 2.27. The van der Waals surface area contributed by atoms with Gasteiger partial charge in [-0.1, -0.05) is 13.8 Å². The molecule has 3 aliphatic rings. The van der Waals surface area contributed by atoms with Crippen LogP contribution >= 0.6 is 12.6 Å². The third-order valence-corrected chi connectivity index (χ3v) is 4.71. The Balaban J connectivity index is 1.88. The summed E-state index contributed by atoms with van der Waals surface area (Å²) in [5, 5.41) is 3.00. The molecule has 3 rings (SSSR count). The minimum absolute atomic E-state index is 0.108. The Morgan fingerprint density at radius 3 is 2.44 bits per heavy atom. The summed E-state index contributed by atoms with van der Waals surface area (Å²) in [7, 11) is 0. The molecule has 4 heteroatoms. The number of nitrogens with one attached hydrogen (secondary N) is 1. The average molecular weight is 242 g/mol. The van der Waals surface area contributed by atoms with E-state index >= 15 is 0 Å². The zero-order valence-corrected chi connectivity index (χ0v) is 11.0. The van der Waals surface area contributed by atoms with Crippen LogP contribution in [0.25, 0.3) is 0 Å². The Hall–Kier alpha value is -0.220. The number of carbonyl (C=O) groups is 1. The molecule has 0 saturated carbocycles. The Kier molecular flexibility index (Phi) is 3.80. The van der Waals surface area contributed by atoms with E-state index < -0.39 is 0 Å². The summed E-state index contributed by atoms with van der Waals surface area (Å²) in [5.41, 5.74) is 0. The van der Waals surface area contributed by atoms with Crippen LogP contribution in [-0.4, -0.2) is 41.7 Å². The molecule has 3 aliphatic heterocycles. The molecule has 1 amide bonds. The lowest BCUT2D eigenvalue weighted by Gasteiger charge is -2.45. The molecule has 2 bridgehead atoms. The normalized spacial score (nSPS) is 35.1. The molecule has 92 valence electrons. The van der Waals surface area contributed by atoms with Crippen LogP contribution in [0.5, 0.6) is 0 Å². The number of hydrogen-bond donors (Lipinski definition) is 2. The lowest BCUT2D eigenvalue weighted by Crippen LogP contribution is -2.58. The van der Waals surface area contributed by atoms with Crippen molar-refractivity contribution in [2.24, 2.45) is 11.8 Å². The van der Waals surface area contributed by atoms with Crippen molar-refractivity contribution in [2.45, 2.75) is 38.0 Å². The van der Waals surface area contributed by atoms with Gasteiger partial charge >= 0.3 is 0 Å². The van der Waals surface area contributed by atoms with Crippen LogP contribution in [0.2, 0.25) is 0 Å². The molecule has 3 heterocycles. The van der Waals surface area contributed by atoms with Gasteiger partial charge < -0.3 is 10.2 Å². The SMILES string of the molecule is CC(C)C(S)C(=O)NC1CN2CCC1CC2. The third-order valence-electron chi connectivity index (χ3n) is 3.88. The van der Waals surface area contributed by atoms with E-state index in [2.05, 4.69) is 22.8 Å². The summed E-state index contributed by atoms with van der Waals surface area (Å²) in [4.78, 5) is 14.4. The average Bonchev–Trinajstić information content (AvgIpc) is 2.29. The summed E-state index contributed by atoms with van der Waals surface area (Å²) in [6.45, 7) is 7.54. The van der Waals surface area contributed by atoms with Gasteiger partial charge in [-0.25, -0.2) is 0 Å². The predicted molar refractivity (Wildman–Crippen MR) is 68.7 cm³/mol. The highest BCUT2D eigenvalue weighted by molar-refractivity contribution is 7.81. The van der Waals surface area contributed by atoms with Crippen molar-refractivity contribution in [3.63, 3.8) is 0 Å². The smallest absolute Gasteiger partial charge is 0.233 e. The van der Waals surface area contributed by atoms with Gasteiger partial charge in [-0.3, -0.25) is 4.79 Å². The zero-order chi connectivity index (χ0) is 11.7. The van der Waals surface area contributed by atoms with Crippen LogP contribution < -0.4 is 5.32 Å². The van der Waals surface area contributed by atoms with Crippen molar-refractivity contribution in [2.75, 3.05) is 19.6 Å². The van der Waals surface area contributed by atoms with Crippen molar-refractivity contribution in [1.29, 1.82) is 0 Å². The fraction of sp³-hybridized carbons (Fsp3) is 0.917. The summed E-state index contributed by atoms with van der Waals surface area (Å²) in [6.07, 6.45) is 2.48. The molecule has 16 heavy (non-hydrogen) atoms. The second-order valence-corrected chi connectivity index (χ2v) is 6.00. The minimum atomic E-state index is -0.171. The summed E-state index contributed by atoms with van der Waals surface area (Å²) < 4.78 is 0. The second kappa shape index (κ2) is 4.96. The van der Waals surface area contributed by atoms with Gasteiger partial charge in [0.05, 0.1) is 5.25 Å². The van der Waals surface area contributed by atoms with Gasteiger partial charge in [0, 0.05) is 12.6 Å². The maximum absolute atomic E-state index is 11.9. The quantitative estimate of drug-likeness (QED) is 0.728. The van der Waals surface area contributed by atoms with Gasteiger partial charge in [-0.15, -0.1) is 0 Å². The molecule has 3 saturated heterocycles. The van der Waals surface area contributed by atoms with Crippen LogP contribution in [0.4, 0.5) is 0 Å². The van der Waals surface area contributed by atoms with E-state index in [1.807, 2.05) is 13.8 Å². The van der Waals surface area contributed by atoms with Crippen LogP contribution in [0.15, 0.2) is 0 Å². The molecule has 2 atom stereocenters. The number of hydrogen-bond acceptors (Lipinski definition) is 3. The van der Waals surface area contributed by atoms with E-state index in [1.54, 1.807) is 0 Å². The van der Waals surface area contributed by atoms with Gasteiger partial charge in [0.15, 0.2) is 0 Å². The van der Waals surface area contributed by atoms with E-state index in [0.29, 0.717) is 17.9 Å². The molecule has 0 aromatic carbocycles. The monoisotopic (exact) mass is 242 g/mol. The lowest BCUT2D eigenvalue weighted by atomic mass is 9.84. The van der Waals surface area contributed by atoms with Gasteiger partial charge in [0.25, 0.3) is 0 Å². The van der Waals surface area contributed by atoms with E-state index in [4.69, 9.17) is 0 Å². The maximum atomic E-state index is 11.9. The summed E-state index contributed by atoms with van der Waals surface area (Å²) >= 11 is 4.36. The fourth-order valence-electron chi connectivity index (χ4n) is 2.70. The first-order chi connectivity index (χ1) is 7.58. The Morgan fingerprint density at radius 1 is 1.38 bits per heavy atom. The Bertz CT molecular complexity index is 262. The standard InChI is InChI=1S/C12H22N2OS/c1-8(2)11(16)12(15)13-10-7-14-5-3-9(10)4-6-14/h8-11,16H,3-7H2,1-2H3,(H,13,15). The molecule has 3 fully saturated rings. The number of piperidine rings is 3. The van der Waals surface area contributed by atoms with E-state index in [0.717, 1.165) is 6.54 Å². The highest BCUT2D eigenvalue weighted by atomic mass is 32.1. The Labute approximate surface area is 103 Å². The molecular weight excluding hydrogens is 220 g/mol. The van der Waals surface area contributed by atoms with Crippen molar-refractivity contribution in [1.82, 2.24) is 10.2 Å². The zero-order valence-electron chi connectivity index (χ0n) is 10.1. The third kappa shape index (κ3) is 2.54. The molecule has 2 unspecified atom stereocenters. The van der Waals surface area contributed by atoms with E-state index in [-0.39, 0.29) is 11.2 Å². The first-order valence-corrected chi connectivity index (χ1v) is 6.80. The molecule has 0 aromatic heterocycles. The van der Waals surface area contributed by atoms with Crippen molar-refractivity contribution in [3.8, 4) is 0 Å². The molecular formula is C12H22N2OS. The van der Waals surface area contributed by atoms with E-state index in [9.17, 15) is 4.79 Å². The predicted octanol–water partition coefficient (Wildman–Crippen LogP) is 1.15. The number of fused-ring (bicyclic) bond motifs is 3. The second-order valence-electron chi connectivity index (χ2n) is 5.44. The van der Waals surface area contributed by atoms with E-state index in [1.165, 1.54) is 25.9 Å². The topological polar surface area (TPSA) is 32.3 Å². The molecule has 0 aromatic rings. The fourth-order valence-corrected chi connectivity index (χ4v) is 2.77. The first-order valence-electron chi connectivity index (χ1n) is 6.28. The highest BCUT2D eigenvalue weighted by Gasteiger charge is 2.35. The minimum Gasteiger partial charge on any atom is -0.351 e. The summed E-state index contributed by atoms with van der Waals surface area (Å²) in [5.74, 6) is 1.10. The molecule has 0 aliphatic carbocycles. The number of thiol groups is 1. The maximum Gasteiger partial charge on any atom is 0.233 e. The van der Waals surface area contributed by atoms with Crippen LogP contribution in [0, 0.1) is 11.8 Å². The number of carbonyl (C=O) groups excluding carboxylic acids is 1. The number of rotatable bonds is 3. The van der Waals surface area contributed by atoms with Gasteiger partial charge in [-0.2, -0.15) is 12.6 Å². The van der Waals surface area contributed by atoms with Gasteiger partial charge in [0.2, 0.25) is 5.91 Å². The molecule has 0 spiro atoms. The van der Waals surface area contributed by atoms with Gasteiger partial charge in [0.1, 0.15) is 0 Å². The van der Waals surface area contributed by atoms with Gasteiger partial charge in [-0.05, 0) is 37.8 Å². The van der Waals surface area contributed by atoms with Crippen LogP contribution in [0.3, 0.4) is 0 Å². The first kappa shape index (κ1) is 12.2. The molecule has 3 nitrogen and oxygen atoms in total. The summed E-state index contributed by atoms with van der Waals surface area (Å²) in [6, 6.07) is 0.364. The number of nitrogens with zero attached hydrogens (tertiary/aromatic N) is 1. The van der Waals surface area contributed by atoms with Crippen molar-refractivity contribution in [3.05, 3.63) is 0 Å². The van der Waals surface area contributed by atoms with Crippen molar-refractivity contribution >= 4 is 18.5 Å². The lowest BCUT2D eigenvalue weighted by molar-refractivity contribution is -0.123. The molecule has 0 radical (unpaired) electrons. The molecule has 1 N–H and O–H groups in total. The largest absolute Gasteiger partial charge is 0.351 e. The number of amides is 1. The van der Waals surface area contributed by atoms with Crippen molar-refractivity contribution < 1.29 is 4.79 Å².